The van der Waals surface area contributed by atoms with Crippen LogP contribution < -0.4 is 16.4 Å². The van der Waals surface area contributed by atoms with E-state index in [1.807, 2.05) is 19.1 Å². The minimum absolute atomic E-state index is 0.259. The minimum Gasteiger partial charge on any atom is -0.385 e. The molecule has 5 heteroatoms. The number of hydrogen-bond donors (Lipinski definition) is 3. The fraction of sp³-hybridized carbons (Fsp3) is 0.455. The number of aromatic nitrogens is 1. The Labute approximate surface area is 95.4 Å². The number of pyridine rings is 1. The summed E-state index contributed by atoms with van der Waals surface area (Å²) in [6.45, 7) is 3.60. The predicted molar refractivity (Wildman–Crippen MR) is 65.3 cm³/mol. The number of carbonyl (C=O) groups excluding carboxylic acids is 1. The lowest BCUT2D eigenvalue weighted by Crippen LogP contribution is -2.12. The molecule has 0 saturated carbocycles. The van der Waals surface area contributed by atoms with Crippen LogP contribution in [-0.4, -0.2) is 24.0 Å². The van der Waals surface area contributed by atoms with Crippen molar-refractivity contribution in [2.75, 3.05) is 23.7 Å². The monoisotopic (exact) mass is 222 g/mol. The Morgan fingerprint density at radius 1 is 1.50 bits per heavy atom. The Bertz CT molecular complexity index is 341. The van der Waals surface area contributed by atoms with Crippen LogP contribution in [0.25, 0.3) is 0 Å². The number of nitrogens with one attached hydrogen (secondary N) is 2. The van der Waals surface area contributed by atoms with Crippen molar-refractivity contribution in [3.8, 4) is 0 Å². The summed E-state index contributed by atoms with van der Waals surface area (Å²) in [6.07, 6.45) is 2.90. The second-order valence-corrected chi connectivity index (χ2v) is 3.46. The summed E-state index contributed by atoms with van der Waals surface area (Å²) >= 11 is 0. The van der Waals surface area contributed by atoms with Crippen LogP contribution in [0.15, 0.2) is 18.3 Å². The van der Waals surface area contributed by atoms with Gasteiger partial charge < -0.3 is 16.4 Å². The maximum atomic E-state index is 10.5. The number of amides is 1. The van der Waals surface area contributed by atoms with Gasteiger partial charge in [-0.3, -0.25) is 4.79 Å². The first-order valence-electron chi connectivity index (χ1n) is 5.44. The Morgan fingerprint density at radius 3 is 3.00 bits per heavy atom. The molecule has 0 fully saturated rings. The largest absolute Gasteiger partial charge is 0.385 e. The first-order chi connectivity index (χ1) is 7.72. The van der Waals surface area contributed by atoms with Gasteiger partial charge in [0.15, 0.2) is 0 Å². The van der Waals surface area contributed by atoms with Crippen LogP contribution in [0.5, 0.6) is 0 Å². The van der Waals surface area contributed by atoms with Gasteiger partial charge in [0.1, 0.15) is 5.82 Å². The summed E-state index contributed by atoms with van der Waals surface area (Å²) in [6, 6.07) is 3.83. The average molecular weight is 222 g/mol. The number of primary amides is 1. The Hall–Kier alpha value is -1.78. The molecular weight excluding hydrogens is 204 g/mol. The smallest absolute Gasteiger partial charge is 0.217 e. The normalized spacial score (nSPS) is 9.81. The number of nitrogens with two attached hydrogens (primary N) is 1. The van der Waals surface area contributed by atoms with Crippen LogP contribution in [0.2, 0.25) is 0 Å². The molecule has 1 heterocycles. The van der Waals surface area contributed by atoms with Crippen molar-refractivity contribution in [1.29, 1.82) is 0 Å². The first-order valence-corrected chi connectivity index (χ1v) is 5.44. The van der Waals surface area contributed by atoms with Gasteiger partial charge in [0, 0.05) is 37.5 Å². The first kappa shape index (κ1) is 12.3. The zero-order valence-electron chi connectivity index (χ0n) is 9.49. The lowest BCUT2D eigenvalue weighted by atomic mass is 10.3. The highest BCUT2D eigenvalue weighted by Gasteiger charge is 1.97. The molecule has 0 atom stereocenters. The minimum atomic E-state index is -0.259. The third-order valence-corrected chi connectivity index (χ3v) is 2.05. The maximum absolute atomic E-state index is 10.5. The summed E-state index contributed by atoms with van der Waals surface area (Å²) in [5, 5.41) is 6.34. The number of nitrogens with zero attached hydrogens (tertiary/aromatic N) is 1. The van der Waals surface area contributed by atoms with E-state index in [4.69, 9.17) is 5.73 Å². The predicted octanol–water partition coefficient (Wildman–Crippen LogP) is 1.19. The molecule has 88 valence electrons. The van der Waals surface area contributed by atoms with Gasteiger partial charge in [0.05, 0.1) is 0 Å². The molecule has 0 aromatic carbocycles. The number of rotatable bonds is 7. The molecule has 0 bridgehead atoms. The van der Waals surface area contributed by atoms with Crippen LogP contribution in [0.4, 0.5) is 11.5 Å². The fourth-order valence-electron chi connectivity index (χ4n) is 1.31. The molecule has 1 amide bonds. The second kappa shape index (κ2) is 6.66. The molecule has 1 rings (SSSR count). The van der Waals surface area contributed by atoms with Crippen LogP contribution in [0.1, 0.15) is 19.8 Å². The van der Waals surface area contributed by atoms with E-state index in [-0.39, 0.29) is 5.91 Å². The SMILES string of the molecule is CCNc1cc(NCCCC(N)=O)ccn1. The van der Waals surface area contributed by atoms with Gasteiger partial charge in [-0.15, -0.1) is 0 Å². The third-order valence-electron chi connectivity index (χ3n) is 2.05. The Morgan fingerprint density at radius 2 is 2.31 bits per heavy atom. The number of carbonyl (C=O) groups is 1. The van der Waals surface area contributed by atoms with Crippen LogP contribution in [0, 0.1) is 0 Å². The molecular formula is C11H18N4O. The summed E-state index contributed by atoms with van der Waals surface area (Å²) in [5.74, 6) is 0.590. The van der Waals surface area contributed by atoms with E-state index in [2.05, 4.69) is 15.6 Å². The molecule has 5 nitrogen and oxygen atoms in total. The summed E-state index contributed by atoms with van der Waals surface area (Å²) < 4.78 is 0. The fourth-order valence-corrected chi connectivity index (χ4v) is 1.31. The molecule has 16 heavy (non-hydrogen) atoms. The highest BCUT2D eigenvalue weighted by atomic mass is 16.1. The lowest BCUT2D eigenvalue weighted by Gasteiger charge is -2.07. The van der Waals surface area contributed by atoms with E-state index >= 15 is 0 Å². The van der Waals surface area contributed by atoms with Gasteiger partial charge >= 0.3 is 0 Å². The third kappa shape index (κ3) is 4.63. The Balaban J connectivity index is 2.35. The van der Waals surface area contributed by atoms with Gasteiger partial charge in [-0.1, -0.05) is 0 Å². The van der Waals surface area contributed by atoms with Crippen molar-refractivity contribution >= 4 is 17.4 Å². The van der Waals surface area contributed by atoms with Gasteiger partial charge in [-0.2, -0.15) is 0 Å². The lowest BCUT2D eigenvalue weighted by molar-refractivity contribution is -0.118. The zero-order chi connectivity index (χ0) is 11.8. The molecule has 0 radical (unpaired) electrons. The molecule has 4 N–H and O–H groups in total. The van der Waals surface area contributed by atoms with Gasteiger partial charge in [0.2, 0.25) is 5.91 Å². The summed E-state index contributed by atoms with van der Waals surface area (Å²) in [4.78, 5) is 14.7. The molecule has 1 aromatic rings. The van der Waals surface area contributed by atoms with Gasteiger partial charge in [0.25, 0.3) is 0 Å². The number of hydrogen-bond acceptors (Lipinski definition) is 4. The van der Waals surface area contributed by atoms with Crippen molar-refractivity contribution in [2.45, 2.75) is 19.8 Å². The van der Waals surface area contributed by atoms with Crippen LogP contribution >= 0.6 is 0 Å². The molecule has 0 aliphatic carbocycles. The maximum Gasteiger partial charge on any atom is 0.217 e. The molecule has 1 aromatic heterocycles. The molecule has 0 spiro atoms. The van der Waals surface area contributed by atoms with Crippen LogP contribution in [0.3, 0.4) is 0 Å². The molecule has 0 aliphatic rings. The zero-order valence-corrected chi connectivity index (χ0v) is 9.49. The molecule has 0 unspecified atom stereocenters. The summed E-state index contributed by atoms with van der Waals surface area (Å²) in [7, 11) is 0. The summed E-state index contributed by atoms with van der Waals surface area (Å²) in [5.41, 5.74) is 6.04. The van der Waals surface area contributed by atoms with Crippen molar-refractivity contribution in [3.63, 3.8) is 0 Å². The van der Waals surface area contributed by atoms with Crippen molar-refractivity contribution in [2.24, 2.45) is 5.73 Å². The highest BCUT2D eigenvalue weighted by molar-refractivity contribution is 5.73. The number of anilines is 2. The van der Waals surface area contributed by atoms with E-state index in [0.29, 0.717) is 6.42 Å². The highest BCUT2D eigenvalue weighted by Crippen LogP contribution is 2.11. The van der Waals surface area contributed by atoms with Gasteiger partial charge in [-0.05, 0) is 19.4 Å². The topological polar surface area (TPSA) is 80.0 Å². The average Bonchev–Trinajstić information content (AvgIpc) is 2.25. The van der Waals surface area contributed by atoms with E-state index in [1.54, 1.807) is 6.20 Å². The van der Waals surface area contributed by atoms with E-state index in [9.17, 15) is 4.79 Å². The Kier molecular flexibility index (Phi) is 5.11. The van der Waals surface area contributed by atoms with E-state index < -0.39 is 0 Å². The van der Waals surface area contributed by atoms with Crippen molar-refractivity contribution in [3.05, 3.63) is 18.3 Å². The molecule has 0 aliphatic heterocycles. The standard InChI is InChI=1S/C11H18N4O/c1-2-13-11-8-9(5-7-15-11)14-6-3-4-10(12)16/h5,7-8H,2-4,6H2,1H3,(H2,12,16)(H2,13,14,15). The van der Waals surface area contributed by atoms with Crippen molar-refractivity contribution in [1.82, 2.24) is 4.98 Å². The van der Waals surface area contributed by atoms with E-state index in [0.717, 1.165) is 31.0 Å². The second-order valence-electron chi connectivity index (χ2n) is 3.46. The molecule has 0 saturated heterocycles. The van der Waals surface area contributed by atoms with Crippen molar-refractivity contribution < 1.29 is 4.79 Å². The van der Waals surface area contributed by atoms with E-state index in [1.165, 1.54) is 0 Å². The quantitative estimate of drug-likeness (QED) is 0.605. The van der Waals surface area contributed by atoms with Crippen LogP contribution in [-0.2, 0) is 4.79 Å². The van der Waals surface area contributed by atoms with Gasteiger partial charge in [-0.25, -0.2) is 4.98 Å².